The number of esters is 1. The summed E-state index contributed by atoms with van der Waals surface area (Å²) in [5, 5.41) is 9.89. The molecule has 1 aromatic heterocycles. The van der Waals surface area contributed by atoms with Crippen LogP contribution in [-0.2, 0) is 16.1 Å². The molecule has 0 spiro atoms. The summed E-state index contributed by atoms with van der Waals surface area (Å²) < 4.78 is 6.49. The van der Waals surface area contributed by atoms with Crippen molar-refractivity contribution in [2.75, 3.05) is 7.11 Å². The lowest BCUT2D eigenvalue weighted by atomic mass is 10.1. The molecule has 1 atom stereocenters. The van der Waals surface area contributed by atoms with Gasteiger partial charge in [0.2, 0.25) is 0 Å². The van der Waals surface area contributed by atoms with Gasteiger partial charge in [0.25, 0.3) is 0 Å². The highest BCUT2D eigenvalue weighted by Gasteiger charge is 2.31. The third-order valence-electron chi connectivity index (χ3n) is 2.99. The molecule has 2 rings (SSSR count). The number of nitrogens with zero attached hydrogens (tertiary/aromatic N) is 1. The van der Waals surface area contributed by atoms with Gasteiger partial charge in [-0.25, -0.2) is 0 Å². The number of methoxy groups -OCH3 is 1. The molecular formula is C12H17NO3. The number of aromatic nitrogens is 1. The molecule has 0 aliphatic heterocycles. The van der Waals surface area contributed by atoms with Crippen molar-refractivity contribution in [1.29, 1.82) is 0 Å². The molecule has 4 nitrogen and oxygen atoms in total. The molecule has 0 amide bonds. The Bertz CT molecular complexity index is 368. The SMILES string of the molecule is COC(=O)CCn1ccc(C(O)C2CC2)c1. The number of aliphatic hydroxyl groups excluding tert-OH is 1. The van der Waals surface area contributed by atoms with E-state index in [9.17, 15) is 9.90 Å². The summed E-state index contributed by atoms with van der Waals surface area (Å²) in [7, 11) is 1.39. The Hall–Kier alpha value is -1.29. The van der Waals surface area contributed by atoms with Crippen molar-refractivity contribution in [3.05, 3.63) is 24.0 Å². The van der Waals surface area contributed by atoms with E-state index in [0.717, 1.165) is 18.4 Å². The lowest BCUT2D eigenvalue weighted by Gasteiger charge is -2.06. The summed E-state index contributed by atoms with van der Waals surface area (Å²) in [6.45, 7) is 0.601. The molecule has 0 aromatic carbocycles. The van der Waals surface area contributed by atoms with Crippen molar-refractivity contribution in [3.63, 3.8) is 0 Å². The van der Waals surface area contributed by atoms with Crippen LogP contribution in [0.4, 0.5) is 0 Å². The van der Waals surface area contributed by atoms with E-state index < -0.39 is 0 Å². The molecule has 1 N–H and O–H groups in total. The van der Waals surface area contributed by atoms with E-state index in [2.05, 4.69) is 4.74 Å². The molecule has 1 aliphatic rings. The van der Waals surface area contributed by atoms with Crippen molar-refractivity contribution in [1.82, 2.24) is 4.57 Å². The second-order valence-electron chi connectivity index (χ2n) is 4.29. The summed E-state index contributed by atoms with van der Waals surface area (Å²) in [6.07, 6.45) is 6.07. The monoisotopic (exact) mass is 223 g/mol. The standard InChI is InChI=1S/C12H17NO3/c1-16-11(14)5-7-13-6-4-10(8-13)12(15)9-2-3-9/h4,6,8-9,12,15H,2-3,5,7H2,1H3. The third kappa shape index (κ3) is 2.64. The average molecular weight is 223 g/mol. The number of aryl methyl sites for hydroxylation is 1. The van der Waals surface area contributed by atoms with E-state index in [4.69, 9.17) is 0 Å². The molecule has 1 unspecified atom stereocenters. The number of ether oxygens (including phenoxy) is 1. The quantitative estimate of drug-likeness (QED) is 0.769. The molecule has 1 saturated carbocycles. The number of carbonyl (C=O) groups is 1. The molecule has 1 fully saturated rings. The maximum absolute atomic E-state index is 11.0. The van der Waals surface area contributed by atoms with Crippen LogP contribution in [0.3, 0.4) is 0 Å². The number of hydrogen-bond donors (Lipinski definition) is 1. The van der Waals surface area contributed by atoms with Gasteiger partial charge in [0.05, 0.1) is 19.6 Å². The van der Waals surface area contributed by atoms with E-state index in [1.54, 1.807) is 0 Å². The van der Waals surface area contributed by atoms with Crippen LogP contribution in [-0.4, -0.2) is 22.8 Å². The van der Waals surface area contributed by atoms with Crippen LogP contribution in [0.15, 0.2) is 18.5 Å². The van der Waals surface area contributed by atoms with Gasteiger partial charge in [0.1, 0.15) is 0 Å². The zero-order valence-corrected chi connectivity index (χ0v) is 9.43. The average Bonchev–Trinajstić information content (AvgIpc) is 3.04. The normalized spacial score (nSPS) is 17.1. The molecule has 1 aliphatic carbocycles. The molecule has 0 radical (unpaired) electrons. The fourth-order valence-electron chi connectivity index (χ4n) is 1.78. The molecule has 16 heavy (non-hydrogen) atoms. The van der Waals surface area contributed by atoms with Crippen LogP contribution < -0.4 is 0 Å². The summed E-state index contributed by atoms with van der Waals surface area (Å²) in [5.74, 6) is 0.231. The smallest absolute Gasteiger partial charge is 0.307 e. The number of hydrogen-bond acceptors (Lipinski definition) is 3. The number of carbonyl (C=O) groups excluding carboxylic acids is 1. The predicted molar refractivity (Wildman–Crippen MR) is 58.7 cm³/mol. The Kier molecular flexibility index (Phi) is 3.29. The second kappa shape index (κ2) is 4.70. The van der Waals surface area contributed by atoms with Crippen LogP contribution >= 0.6 is 0 Å². The van der Waals surface area contributed by atoms with Gasteiger partial charge in [-0.3, -0.25) is 4.79 Å². The van der Waals surface area contributed by atoms with Crippen LogP contribution in [0.5, 0.6) is 0 Å². The largest absolute Gasteiger partial charge is 0.469 e. The van der Waals surface area contributed by atoms with Gasteiger partial charge < -0.3 is 14.4 Å². The Morgan fingerprint density at radius 3 is 3.06 bits per heavy atom. The van der Waals surface area contributed by atoms with E-state index in [0.29, 0.717) is 18.9 Å². The van der Waals surface area contributed by atoms with E-state index in [1.165, 1.54) is 7.11 Å². The second-order valence-corrected chi connectivity index (χ2v) is 4.29. The summed E-state index contributed by atoms with van der Waals surface area (Å²) >= 11 is 0. The zero-order chi connectivity index (χ0) is 11.5. The Labute approximate surface area is 94.8 Å². The summed E-state index contributed by atoms with van der Waals surface area (Å²) in [6, 6.07) is 1.92. The third-order valence-corrected chi connectivity index (χ3v) is 2.99. The molecular weight excluding hydrogens is 206 g/mol. The predicted octanol–water partition coefficient (Wildman–Crippen LogP) is 1.49. The number of rotatable bonds is 5. The van der Waals surface area contributed by atoms with Gasteiger partial charge in [-0.05, 0) is 30.4 Å². The minimum absolute atomic E-state index is 0.210. The van der Waals surface area contributed by atoms with E-state index >= 15 is 0 Å². The minimum Gasteiger partial charge on any atom is -0.469 e. The molecule has 4 heteroatoms. The van der Waals surface area contributed by atoms with Gasteiger partial charge in [-0.1, -0.05) is 0 Å². The highest BCUT2D eigenvalue weighted by atomic mass is 16.5. The minimum atomic E-state index is -0.334. The van der Waals surface area contributed by atoms with E-state index in [-0.39, 0.29) is 12.1 Å². The van der Waals surface area contributed by atoms with Crippen molar-refractivity contribution < 1.29 is 14.6 Å². The molecule has 88 valence electrons. The van der Waals surface area contributed by atoms with Gasteiger partial charge in [0, 0.05) is 18.9 Å². The van der Waals surface area contributed by atoms with Crippen LogP contribution in [0, 0.1) is 5.92 Å². The first-order valence-electron chi connectivity index (χ1n) is 5.61. The van der Waals surface area contributed by atoms with Crippen LogP contribution in [0.1, 0.15) is 30.9 Å². The highest BCUT2D eigenvalue weighted by Crippen LogP contribution is 2.40. The Balaban J connectivity index is 1.88. The van der Waals surface area contributed by atoms with Crippen LogP contribution in [0.2, 0.25) is 0 Å². The van der Waals surface area contributed by atoms with Gasteiger partial charge >= 0.3 is 5.97 Å². The Morgan fingerprint density at radius 1 is 1.69 bits per heavy atom. The highest BCUT2D eigenvalue weighted by molar-refractivity contribution is 5.68. The summed E-state index contributed by atoms with van der Waals surface area (Å²) in [4.78, 5) is 11.0. The van der Waals surface area contributed by atoms with Crippen LogP contribution in [0.25, 0.3) is 0 Å². The molecule has 1 heterocycles. The van der Waals surface area contributed by atoms with Crippen molar-refractivity contribution in [2.24, 2.45) is 5.92 Å². The van der Waals surface area contributed by atoms with E-state index in [1.807, 2.05) is 23.0 Å². The van der Waals surface area contributed by atoms with Crippen molar-refractivity contribution in [3.8, 4) is 0 Å². The zero-order valence-electron chi connectivity index (χ0n) is 9.43. The molecule has 0 saturated heterocycles. The molecule has 1 aromatic rings. The lowest BCUT2D eigenvalue weighted by molar-refractivity contribution is -0.140. The summed E-state index contributed by atoms with van der Waals surface area (Å²) in [5.41, 5.74) is 0.951. The first-order chi connectivity index (χ1) is 7.70. The fourth-order valence-corrected chi connectivity index (χ4v) is 1.78. The maximum atomic E-state index is 11.0. The van der Waals surface area contributed by atoms with Crippen molar-refractivity contribution in [2.45, 2.75) is 31.9 Å². The topological polar surface area (TPSA) is 51.5 Å². The van der Waals surface area contributed by atoms with Gasteiger partial charge in [-0.15, -0.1) is 0 Å². The maximum Gasteiger partial charge on any atom is 0.307 e. The van der Waals surface area contributed by atoms with Gasteiger partial charge in [-0.2, -0.15) is 0 Å². The lowest BCUT2D eigenvalue weighted by Crippen LogP contribution is -2.05. The van der Waals surface area contributed by atoms with Gasteiger partial charge in [0.15, 0.2) is 0 Å². The number of aliphatic hydroxyl groups is 1. The first-order valence-corrected chi connectivity index (χ1v) is 5.61. The molecule has 0 bridgehead atoms. The fraction of sp³-hybridized carbons (Fsp3) is 0.583. The first kappa shape index (κ1) is 11.2. The Morgan fingerprint density at radius 2 is 2.44 bits per heavy atom. The van der Waals surface area contributed by atoms with Crippen molar-refractivity contribution >= 4 is 5.97 Å².